The molecule has 0 N–H and O–H groups in total. The van der Waals surface area contributed by atoms with Crippen LogP contribution >= 0.6 is 0 Å². The highest BCUT2D eigenvalue weighted by atomic mass is 16.5. The van der Waals surface area contributed by atoms with E-state index in [4.69, 9.17) is 13.9 Å². The van der Waals surface area contributed by atoms with E-state index in [0.29, 0.717) is 23.7 Å². The number of rotatable bonds is 4. The maximum absolute atomic E-state index is 11.9. The lowest BCUT2D eigenvalue weighted by molar-refractivity contribution is 0.197. The van der Waals surface area contributed by atoms with Gasteiger partial charge in [-0.05, 0) is 74.5 Å². The summed E-state index contributed by atoms with van der Waals surface area (Å²) in [6.07, 6.45) is 6.93. The van der Waals surface area contributed by atoms with Crippen molar-refractivity contribution < 1.29 is 13.9 Å². The minimum absolute atomic E-state index is 0.265. The van der Waals surface area contributed by atoms with E-state index in [1.165, 1.54) is 32.1 Å². The summed E-state index contributed by atoms with van der Waals surface area (Å²) in [6, 6.07) is 7.48. The minimum atomic E-state index is -0.434. The molecule has 4 atom stereocenters. The van der Waals surface area contributed by atoms with Gasteiger partial charge in [0.05, 0.1) is 12.7 Å². The lowest BCUT2D eigenvalue weighted by Gasteiger charge is -2.14. The van der Waals surface area contributed by atoms with Gasteiger partial charge in [0.2, 0.25) is 5.75 Å². The van der Waals surface area contributed by atoms with Gasteiger partial charge in [0.1, 0.15) is 11.3 Å². The van der Waals surface area contributed by atoms with Gasteiger partial charge in [0.25, 0.3) is 0 Å². The fraction of sp³-hybridized carbons (Fsp3) is 0.550. The maximum Gasteiger partial charge on any atom is 0.379 e. The van der Waals surface area contributed by atoms with Crippen molar-refractivity contribution >= 4 is 11.0 Å². The van der Waals surface area contributed by atoms with Crippen LogP contribution in [0.2, 0.25) is 0 Å². The number of ether oxygens (including phenoxy) is 2. The maximum atomic E-state index is 11.9. The van der Waals surface area contributed by atoms with Crippen molar-refractivity contribution in [3.8, 4) is 11.5 Å². The van der Waals surface area contributed by atoms with Crippen LogP contribution in [0.5, 0.6) is 11.5 Å². The van der Waals surface area contributed by atoms with Crippen LogP contribution in [0.4, 0.5) is 0 Å². The molecule has 3 fully saturated rings. The van der Waals surface area contributed by atoms with Crippen LogP contribution in [0, 0.1) is 17.3 Å². The highest BCUT2D eigenvalue weighted by Gasteiger charge is 2.66. The molecular formula is C20H22O4. The molecule has 24 heavy (non-hydrogen) atoms. The quantitative estimate of drug-likeness (QED) is 0.792. The van der Waals surface area contributed by atoms with Gasteiger partial charge in [-0.2, -0.15) is 0 Å². The third-order valence-electron chi connectivity index (χ3n) is 6.39. The van der Waals surface area contributed by atoms with Crippen molar-refractivity contribution in [3.63, 3.8) is 0 Å². The van der Waals surface area contributed by atoms with Crippen LogP contribution in [0.3, 0.4) is 0 Å². The van der Waals surface area contributed by atoms with Gasteiger partial charge in [0, 0.05) is 11.5 Å². The minimum Gasteiger partial charge on any atom is -0.490 e. The Balaban J connectivity index is 1.38. The third-order valence-corrected chi connectivity index (χ3v) is 6.39. The van der Waals surface area contributed by atoms with Crippen LogP contribution in [-0.4, -0.2) is 12.7 Å². The Bertz CT molecular complexity index is 854. The zero-order valence-electron chi connectivity index (χ0n) is 13.9. The molecular weight excluding hydrogens is 304 g/mol. The monoisotopic (exact) mass is 326 g/mol. The van der Waals surface area contributed by atoms with Crippen LogP contribution in [0.1, 0.15) is 39.0 Å². The van der Waals surface area contributed by atoms with Gasteiger partial charge in [-0.15, -0.1) is 0 Å². The van der Waals surface area contributed by atoms with Crippen molar-refractivity contribution in [1.29, 1.82) is 0 Å². The second-order valence-corrected chi connectivity index (χ2v) is 7.62. The van der Waals surface area contributed by atoms with Crippen LogP contribution in [0.25, 0.3) is 11.0 Å². The molecule has 3 saturated carbocycles. The van der Waals surface area contributed by atoms with Gasteiger partial charge in [-0.3, -0.25) is 0 Å². The zero-order valence-corrected chi connectivity index (χ0v) is 13.9. The number of hydrogen-bond donors (Lipinski definition) is 0. The van der Waals surface area contributed by atoms with Gasteiger partial charge in [-0.25, -0.2) is 4.79 Å². The Morgan fingerprint density at radius 2 is 2.08 bits per heavy atom. The third kappa shape index (κ3) is 2.08. The normalized spacial score (nSPS) is 33.3. The Morgan fingerprint density at radius 1 is 1.21 bits per heavy atom. The summed E-state index contributed by atoms with van der Waals surface area (Å²) < 4.78 is 16.9. The standard InChI is InChI=1S/C20H22O4/c1-2-22-18-7-12-3-6-15(9-17(12)24-19(18)21)23-16-8-13-4-5-14-10-20(13,14)11-16/h3,6-7,9,13-14,16H,2,4-5,8,10-11H2,1H3/t13-,14-,16-,20?/m0/s1. The lowest BCUT2D eigenvalue weighted by Crippen LogP contribution is -2.13. The van der Waals surface area contributed by atoms with Crippen molar-refractivity contribution in [2.75, 3.05) is 6.61 Å². The molecule has 1 unspecified atom stereocenters. The first-order chi connectivity index (χ1) is 11.7. The average Bonchev–Trinajstić information content (AvgIpc) is 2.97. The summed E-state index contributed by atoms with van der Waals surface area (Å²) in [5.41, 5.74) is 0.749. The van der Waals surface area contributed by atoms with Crippen molar-refractivity contribution in [2.45, 2.75) is 45.1 Å². The molecule has 0 aliphatic heterocycles. The number of hydrogen-bond acceptors (Lipinski definition) is 4. The Labute approximate surface area is 140 Å². The molecule has 5 rings (SSSR count). The first-order valence-electron chi connectivity index (χ1n) is 9.05. The first kappa shape index (κ1) is 14.4. The van der Waals surface area contributed by atoms with E-state index in [1.807, 2.05) is 25.1 Å². The van der Waals surface area contributed by atoms with Crippen molar-refractivity contribution in [2.24, 2.45) is 17.3 Å². The largest absolute Gasteiger partial charge is 0.490 e. The summed E-state index contributed by atoms with van der Waals surface area (Å²) in [5.74, 6) is 2.91. The second kappa shape index (κ2) is 5.01. The predicted octanol–water partition coefficient (Wildman–Crippen LogP) is 4.15. The van der Waals surface area contributed by atoms with Crippen LogP contribution < -0.4 is 15.1 Å². The van der Waals surface area contributed by atoms with Crippen molar-refractivity contribution in [3.05, 3.63) is 34.7 Å². The first-order valence-corrected chi connectivity index (χ1v) is 9.05. The van der Waals surface area contributed by atoms with E-state index < -0.39 is 5.63 Å². The topological polar surface area (TPSA) is 48.7 Å². The summed E-state index contributed by atoms with van der Waals surface area (Å²) in [6.45, 7) is 2.30. The van der Waals surface area contributed by atoms with Gasteiger partial charge in [-0.1, -0.05) is 0 Å². The Morgan fingerprint density at radius 3 is 2.88 bits per heavy atom. The molecule has 1 aromatic carbocycles. The smallest absolute Gasteiger partial charge is 0.379 e. The fourth-order valence-electron chi connectivity index (χ4n) is 5.26. The summed E-state index contributed by atoms with van der Waals surface area (Å²) in [5, 5.41) is 0.856. The van der Waals surface area contributed by atoms with Gasteiger partial charge < -0.3 is 13.9 Å². The molecule has 4 nitrogen and oxygen atoms in total. The van der Waals surface area contributed by atoms with E-state index in [9.17, 15) is 4.79 Å². The molecule has 2 aromatic rings. The molecule has 3 aliphatic rings. The Kier molecular flexibility index (Phi) is 3.00. The number of fused-ring (bicyclic) bond motifs is 1. The molecule has 1 heterocycles. The molecule has 126 valence electrons. The van der Waals surface area contributed by atoms with Crippen molar-refractivity contribution in [1.82, 2.24) is 0 Å². The van der Waals surface area contributed by atoms with E-state index in [-0.39, 0.29) is 5.75 Å². The summed E-state index contributed by atoms with van der Waals surface area (Å²) in [7, 11) is 0. The second-order valence-electron chi connectivity index (χ2n) is 7.62. The summed E-state index contributed by atoms with van der Waals surface area (Å²) in [4.78, 5) is 11.9. The molecule has 0 radical (unpaired) electrons. The highest BCUT2D eigenvalue weighted by Crippen LogP contribution is 2.73. The SMILES string of the molecule is CCOc1cc2ccc(O[C@H]3C[C@@H]4CC[C@H]5CC45C3)cc2oc1=O. The van der Waals surface area contributed by atoms with E-state index >= 15 is 0 Å². The van der Waals surface area contributed by atoms with Crippen LogP contribution in [0.15, 0.2) is 33.5 Å². The molecule has 0 amide bonds. The predicted molar refractivity (Wildman–Crippen MR) is 90.6 cm³/mol. The fourth-order valence-corrected chi connectivity index (χ4v) is 5.26. The van der Waals surface area contributed by atoms with E-state index in [0.717, 1.165) is 23.0 Å². The van der Waals surface area contributed by atoms with Gasteiger partial charge >= 0.3 is 5.63 Å². The molecule has 1 spiro atoms. The highest BCUT2D eigenvalue weighted by molar-refractivity contribution is 5.79. The van der Waals surface area contributed by atoms with Crippen LogP contribution in [-0.2, 0) is 0 Å². The Hall–Kier alpha value is -1.97. The van der Waals surface area contributed by atoms with E-state index in [2.05, 4.69) is 0 Å². The number of benzene rings is 1. The average molecular weight is 326 g/mol. The zero-order chi connectivity index (χ0) is 16.3. The molecule has 0 saturated heterocycles. The molecule has 4 heteroatoms. The molecule has 3 aliphatic carbocycles. The van der Waals surface area contributed by atoms with Gasteiger partial charge in [0.15, 0.2) is 0 Å². The summed E-state index contributed by atoms with van der Waals surface area (Å²) >= 11 is 0. The lowest BCUT2D eigenvalue weighted by atomic mass is 9.95. The van der Waals surface area contributed by atoms with E-state index in [1.54, 1.807) is 6.07 Å². The molecule has 0 bridgehead atoms. The molecule has 1 aromatic heterocycles.